The van der Waals surface area contributed by atoms with Crippen LogP contribution in [0, 0.1) is 0 Å². The lowest BCUT2D eigenvalue weighted by Gasteiger charge is -2.14. The van der Waals surface area contributed by atoms with Gasteiger partial charge < -0.3 is 20.1 Å². The zero-order valence-electron chi connectivity index (χ0n) is 18.4. The van der Waals surface area contributed by atoms with E-state index in [0.717, 1.165) is 12.8 Å². The van der Waals surface area contributed by atoms with Crippen molar-refractivity contribution in [2.75, 3.05) is 12.4 Å². The Morgan fingerprint density at radius 3 is 2.66 bits per heavy atom. The first kappa shape index (κ1) is 23.0. The quantitative estimate of drug-likeness (QED) is 0.441. The molecule has 2 aromatic carbocycles. The molecule has 2 N–H and O–H groups in total. The van der Waals surface area contributed by atoms with Crippen molar-refractivity contribution in [3.8, 4) is 17.2 Å². The van der Waals surface area contributed by atoms with Crippen LogP contribution in [0.25, 0.3) is 10.9 Å². The molecule has 1 saturated carbocycles. The maximum Gasteiger partial charge on any atom is 0.319 e. The average Bonchev–Trinajstić information content (AvgIpc) is 3.56. The van der Waals surface area contributed by atoms with Gasteiger partial charge in [-0.15, -0.1) is 0 Å². The molecule has 5 rings (SSSR count). The molecule has 2 amide bonds. The normalized spacial score (nSPS) is 16.6. The second kappa shape index (κ2) is 9.47. The first-order chi connectivity index (χ1) is 16.9. The summed E-state index contributed by atoms with van der Waals surface area (Å²) >= 11 is 6.36. The smallest absolute Gasteiger partial charge is 0.319 e. The van der Waals surface area contributed by atoms with Gasteiger partial charge in [-0.25, -0.2) is 14.0 Å². The van der Waals surface area contributed by atoms with E-state index in [1.54, 1.807) is 42.6 Å². The maximum atomic E-state index is 13.0. The summed E-state index contributed by atoms with van der Waals surface area (Å²) in [5, 5.41) is 7.67. The molecule has 1 aliphatic heterocycles. The van der Waals surface area contributed by atoms with Crippen LogP contribution in [0.3, 0.4) is 0 Å². The van der Waals surface area contributed by atoms with E-state index in [-0.39, 0.29) is 28.4 Å². The molecule has 9 nitrogen and oxygen atoms in total. The topological polar surface area (TPSA) is 119 Å². The number of aliphatic imine (C=N–C) groups is 1. The lowest BCUT2D eigenvalue weighted by Crippen LogP contribution is -2.30. The van der Waals surface area contributed by atoms with E-state index in [1.165, 1.54) is 18.7 Å². The van der Waals surface area contributed by atoms with Crippen molar-refractivity contribution < 1.29 is 23.3 Å². The van der Waals surface area contributed by atoms with Gasteiger partial charge in [0.05, 0.1) is 28.9 Å². The Hall–Kier alpha value is -3.76. The van der Waals surface area contributed by atoms with Crippen molar-refractivity contribution in [2.24, 2.45) is 4.99 Å². The number of rotatable bonds is 7. The number of ketones is 1. The number of nitrogens with one attached hydrogen (secondary N) is 2. The van der Waals surface area contributed by atoms with E-state index in [9.17, 15) is 13.8 Å². The molecule has 0 saturated heterocycles. The van der Waals surface area contributed by atoms with E-state index >= 15 is 0 Å². The minimum absolute atomic E-state index is 0.0744. The van der Waals surface area contributed by atoms with Gasteiger partial charge in [0.1, 0.15) is 28.0 Å². The number of pyridine rings is 1. The molecule has 2 aliphatic rings. The standard InChI is InChI=1S/C24H19ClN4O5S/c1-33-21-12-19-15(11-16(21)22(30)23-27-8-9-35(23)32)20(6-7-26-19)34-14-4-5-18(17(25)10-14)29-24(31)28-13-2-3-13/h4-13H,2-3H2,1H3,(H2,28,29,31). The number of carbonyl (C=O) groups excluding carboxylic acids is 2. The van der Waals surface area contributed by atoms with Crippen molar-refractivity contribution in [1.82, 2.24) is 10.3 Å². The number of hydrogen-bond acceptors (Lipinski definition) is 7. The Bertz CT molecular complexity index is 1450. The van der Waals surface area contributed by atoms with Gasteiger partial charge in [0.2, 0.25) is 5.78 Å². The van der Waals surface area contributed by atoms with Gasteiger partial charge in [-0.2, -0.15) is 0 Å². The van der Waals surface area contributed by atoms with Gasteiger partial charge in [0.15, 0.2) is 5.04 Å². The predicted molar refractivity (Wildman–Crippen MR) is 134 cm³/mol. The highest BCUT2D eigenvalue weighted by Crippen LogP contribution is 2.36. The number of hydrogen-bond donors (Lipinski definition) is 2. The first-order valence-corrected chi connectivity index (χ1v) is 12.2. The minimum Gasteiger partial charge on any atom is -0.496 e. The number of anilines is 1. The van der Waals surface area contributed by atoms with Crippen LogP contribution in [0.15, 0.2) is 59.2 Å². The summed E-state index contributed by atoms with van der Waals surface area (Å²) < 4.78 is 23.5. The molecular formula is C24H19ClN4O5S. The molecular weight excluding hydrogens is 492 g/mol. The Morgan fingerprint density at radius 2 is 1.97 bits per heavy atom. The van der Waals surface area contributed by atoms with Crippen molar-refractivity contribution in [1.29, 1.82) is 0 Å². The molecule has 11 heteroatoms. The lowest BCUT2D eigenvalue weighted by atomic mass is 10.1. The number of fused-ring (bicyclic) bond motifs is 1. The van der Waals surface area contributed by atoms with Gasteiger partial charge in [-0.05, 0) is 37.1 Å². The van der Waals surface area contributed by atoms with E-state index in [0.29, 0.717) is 33.1 Å². The summed E-state index contributed by atoms with van der Waals surface area (Å²) in [4.78, 5) is 33.3. The van der Waals surface area contributed by atoms with E-state index in [2.05, 4.69) is 20.6 Å². The molecule has 1 aliphatic carbocycles. The number of Topliss-reactive ketones (excluding diaryl/α,β-unsaturated/α-hetero) is 1. The van der Waals surface area contributed by atoms with Crippen LogP contribution in [-0.2, 0) is 10.8 Å². The van der Waals surface area contributed by atoms with Crippen LogP contribution in [0.4, 0.5) is 10.5 Å². The maximum absolute atomic E-state index is 13.0. The van der Waals surface area contributed by atoms with E-state index < -0.39 is 16.6 Å². The number of urea groups is 1. The summed E-state index contributed by atoms with van der Waals surface area (Å²) in [6.45, 7) is 0. The molecule has 2 heterocycles. The number of nitrogens with zero attached hydrogens (tertiary/aromatic N) is 2. The molecule has 0 bridgehead atoms. The third-order valence-electron chi connectivity index (χ3n) is 5.36. The molecule has 35 heavy (non-hydrogen) atoms. The van der Waals surface area contributed by atoms with Gasteiger partial charge in [0, 0.05) is 41.4 Å². The van der Waals surface area contributed by atoms with Crippen LogP contribution >= 0.6 is 11.6 Å². The minimum atomic E-state index is -1.61. The second-order valence-electron chi connectivity index (χ2n) is 7.84. The Balaban J connectivity index is 1.44. The predicted octanol–water partition coefficient (Wildman–Crippen LogP) is 4.79. The highest BCUT2D eigenvalue weighted by Gasteiger charge is 2.26. The zero-order valence-corrected chi connectivity index (χ0v) is 20.0. The third-order valence-corrected chi connectivity index (χ3v) is 6.71. The molecule has 1 atom stereocenters. The molecule has 1 aromatic heterocycles. The molecule has 1 fully saturated rings. The van der Waals surface area contributed by atoms with Crippen molar-refractivity contribution >= 4 is 55.8 Å². The van der Waals surface area contributed by atoms with Crippen LogP contribution in [0.5, 0.6) is 17.2 Å². The molecule has 178 valence electrons. The van der Waals surface area contributed by atoms with Gasteiger partial charge in [-0.3, -0.25) is 9.78 Å². The Morgan fingerprint density at radius 1 is 1.14 bits per heavy atom. The lowest BCUT2D eigenvalue weighted by molar-refractivity contribution is 0.106. The van der Waals surface area contributed by atoms with Crippen LogP contribution < -0.4 is 20.1 Å². The van der Waals surface area contributed by atoms with Crippen LogP contribution in [0.1, 0.15) is 23.2 Å². The van der Waals surface area contributed by atoms with E-state index in [1.807, 2.05) is 0 Å². The fourth-order valence-electron chi connectivity index (χ4n) is 3.48. The average molecular weight is 511 g/mol. The molecule has 0 radical (unpaired) electrons. The number of ether oxygens (including phenoxy) is 2. The third kappa shape index (κ3) is 4.89. The number of aromatic nitrogens is 1. The van der Waals surface area contributed by atoms with Crippen molar-refractivity contribution in [3.63, 3.8) is 0 Å². The molecule has 1 unspecified atom stereocenters. The highest BCUT2D eigenvalue weighted by molar-refractivity contribution is 8.05. The Labute approximate surface area is 207 Å². The fraction of sp³-hybridized carbons (Fsp3) is 0.167. The number of halogens is 1. The summed E-state index contributed by atoms with van der Waals surface area (Å²) in [7, 11) is -0.176. The first-order valence-electron chi connectivity index (χ1n) is 10.6. The van der Waals surface area contributed by atoms with Gasteiger partial charge >= 0.3 is 6.03 Å². The summed E-state index contributed by atoms with van der Waals surface area (Å²) in [6.07, 6.45) is 4.87. The number of methoxy groups -OCH3 is 1. The number of benzene rings is 2. The number of amides is 2. The Kier molecular flexibility index (Phi) is 6.23. The van der Waals surface area contributed by atoms with Crippen molar-refractivity contribution in [2.45, 2.75) is 18.9 Å². The second-order valence-corrected chi connectivity index (χ2v) is 9.50. The summed E-state index contributed by atoms with van der Waals surface area (Å²) in [5.74, 6) is 0.610. The van der Waals surface area contributed by atoms with E-state index in [4.69, 9.17) is 21.1 Å². The fourth-order valence-corrected chi connectivity index (χ4v) is 4.45. The van der Waals surface area contributed by atoms with Crippen LogP contribution in [-0.4, -0.2) is 39.2 Å². The zero-order chi connectivity index (χ0) is 24.5. The largest absolute Gasteiger partial charge is 0.496 e. The number of carbonyl (C=O) groups is 2. The summed E-state index contributed by atoms with van der Waals surface area (Å²) in [6, 6.07) is 9.66. The SMILES string of the molecule is COc1cc2nccc(Oc3ccc(NC(=O)NC4CC4)c(Cl)c3)c2cc1C(=O)C1=NC=CS1=O. The highest BCUT2D eigenvalue weighted by atomic mass is 35.5. The molecule has 0 spiro atoms. The monoisotopic (exact) mass is 510 g/mol. The van der Waals surface area contributed by atoms with Gasteiger partial charge in [-0.1, -0.05) is 11.6 Å². The van der Waals surface area contributed by atoms with Gasteiger partial charge in [0.25, 0.3) is 0 Å². The molecule has 3 aromatic rings. The van der Waals surface area contributed by atoms with Crippen LogP contribution in [0.2, 0.25) is 5.02 Å². The summed E-state index contributed by atoms with van der Waals surface area (Å²) in [5.41, 5.74) is 1.17. The van der Waals surface area contributed by atoms with Crippen molar-refractivity contribution in [3.05, 3.63) is 64.8 Å².